The van der Waals surface area contributed by atoms with Crippen LogP contribution in [0.4, 0.5) is 0 Å². The molecular weight excluding hydrogens is 480 g/mol. The third kappa shape index (κ3) is 7.25. The summed E-state index contributed by atoms with van der Waals surface area (Å²) < 4.78 is 2.22. The first-order chi connectivity index (χ1) is 16.6. The molecule has 0 atom stereocenters. The van der Waals surface area contributed by atoms with Gasteiger partial charge in [0.2, 0.25) is 0 Å². The maximum Gasteiger partial charge on any atom is 0.319 e. The van der Waals surface area contributed by atoms with E-state index in [1.165, 1.54) is 38.9 Å². The quantitative estimate of drug-likeness (QED) is 0.259. The van der Waals surface area contributed by atoms with Gasteiger partial charge in [-0.3, -0.25) is 0 Å². The van der Waals surface area contributed by atoms with E-state index in [2.05, 4.69) is 144 Å². The summed E-state index contributed by atoms with van der Waals surface area (Å²) in [7, 11) is -0.691. The number of hydrogen-bond donors (Lipinski definition) is 1. The maximum atomic E-state index is 2.61. The molecule has 0 radical (unpaired) electrons. The molecule has 0 fully saturated rings. The average molecular weight is 530 g/mol. The van der Waals surface area contributed by atoms with Crippen LogP contribution in [0.3, 0.4) is 0 Å². The lowest BCUT2D eigenvalue weighted by Gasteiger charge is -2.42. The molecule has 0 saturated heterocycles. The smallest absolute Gasteiger partial charge is 0.319 e. The van der Waals surface area contributed by atoms with Crippen molar-refractivity contribution in [2.45, 2.75) is 91.6 Å². The highest BCUT2D eigenvalue weighted by Gasteiger charge is 2.47. The van der Waals surface area contributed by atoms with Crippen LogP contribution in [0.15, 0.2) is 58.8 Å². The zero-order valence-corrected chi connectivity index (χ0v) is 27.6. The molecule has 0 amide bonds. The predicted molar refractivity (Wildman–Crippen MR) is 172 cm³/mol. The highest BCUT2D eigenvalue weighted by Crippen LogP contribution is 2.57. The largest absolute Gasteiger partial charge is 0.344 e. The van der Waals surface area contributed by atoms with Crippen LogP contribution in [0, 0.1) is 41.5 Å². The molecule has 1 nitrogen and oxygen atoms in total. The molecule has 3 aromatic rings. The molecular formula is C34H49AlNP. The van der Waals surface area contributed by atoms with Crippen LogP contribution in [-0.2, 0) is 0 Å². The number of aryl methyl sites for hydroxylation is 6. The molecule has 0 saturated carbocycles. The van der Waals surface area contributed by atoms with Gasteiger partial charge in [0.25, 0.3) is 0 Å². The van der Waals surface area contributed by atoms with E-state index >= 15 is 0 Å². The van der Waals surface area contributed by atoms with Crippen LogP contribution >= 0.6 is 7.92 Å². The van der Waals surface area contributed by atoms with Gasteiger partial charge in [-0.15, -0.1) is 0 Å². The molecule has 0 aromatic heterocycles. The van der Waals surface area contributed by atoms with Gasteiger partial charge in [0, 0.05) is 0 Å². The van der Waals surface area contributed by atoms with Gasteiger partial charge in [-0.05, 0) is 87.9 Å². The highest BCUT2D eigenvalue weighted by molar-refractivity contribution is 7.79. The van der Waals surface area contributed by atoms with E-state index in [9.17, 15) is 0 Å². The first kappa shape index (κ1) is 31.5. The van der Waals surface area contributed by atoms with Crippen molar-refractivity contribution < 1.29 is 0 Å². The summed E-state index contributed by atoms with van der Waals surface area (Å²) in [6.45, 7) is 28.8. The molecule has 0 spiro atoms. The van der Waals surface area contributed by atoms with Crippen LogP contribution in [0.25, 0.3) is 6.08 Å². The normalized spacial score (nSPS) is 12.5. The summed E-state index contributed by atoms with van der Waals surface area (Å²) in [4.78, 5) is 0. The van der Waals surface area contributed by atoms with E-state index in [0.717, 1.165) is 0 Å². The molecule has 3 N–H and O–H groups in total. The van der Waals surface area contributed by atoms with Crippen LogP contribution in [0.1, 0.15) is 80.5 Å². The second-order valence-electron chi connectivity index (χ2n) is 13.0. The van der Waals surface area contributed by atoms with Crippen molar-refractivity contribution in [3.8, 4) is 0 Å². The minimum absolute atomic E-state index is 0. The highest BCUT2D eigenvalue weighted by atomic mass is 31.1. The first-order valence-corrected chi connectivity index (χ1v) is 16.4. The van der Waals surface area contributed by atoms with Crippen molar-refractivity contribution in [2.75, 3.05) is 0 Å². The lowest BCUT2D eigenvalue weighted by atomic mass is 10.1. The van der Waals surface area contributed by atoms with Gasteiger partial charge < -0.3 is 6.15 Å². The van der Waals surface area contributed by atoms with Crippen LogP contribution in [0.5, 0.6) is 0 Å². The Labute approximate surface area is 233 Å². The third-order valence-corrected chi connectivity index (χ3v) is 15.8. The molecule has 0 aliphatic heterocycles. The van der Waals surface area contributed by atoms with Gasteiger partial charge in [-0.1, -0.05) is 126 Å². The molecule has 37 heavy (non-hydrogen) atoms. The predicted octanol–water partition coefficient (Wildman–Crippen LogP) is 9.81. The number of rotatable bonds is 5. The molecule has 0 aliphatic carbocycles. The Morgan fingerprint density at radius 1 is 0.622 bits per heavy atom. The van der Waals surface area contributed by atoms with E-state index in [1.54, 1.807) is 14.8 Å². The van der Waals surface area contributed by atoms with Gasteiger partial charge >= 0.3 is 14.1 Å². The summed E-state index contributed by atoms with van der Waals surface area (Å²) in [5, 5.41) is 3.14. The molecule has 0 bridgehead atoms. The summed E-state index contributed by atoms with van der Waals surface area (Å²) in [5.74, 6) is 0. The summed E-state index contributed by atoms with van der Waals surface area (Å²) in [6, 6.07) is 20.7. The first-order valence-electron chi connectivity index (χ1n) is 13.3. The Morgan fingerprint density at radius 3 is 1.30 bits per heavy atom. The Kier molecular flexibility index (Phi) is 10.2. The lowest BCUT2D eigenvalue weighted by molar-refractivity contribution is 0.651. The number of benzene rings is 3. The van der Waals surface area contributed by atoms with Crippen molar-refractivity contribution in [3.63, 3.8) is 0 Å². The van der Waals surface area contributed by atoms with E-state index in [0.29, 0.717) is 0 Å². The van der Waals surface area contributed by atoms with E-state index in [-0.39, 0.29) is 14.7 Å². The standard InChI is InChI=1S/C26H28P.2C4H9.Al.H3N/c1-18-14-20(3)25(21(4)15-18)27(13-12-24-10-8-7-9-11-24)26-22(5)16-19(2)17-23(26)6;2*1-4(2)3;;/h7-12,14-17H,1-6H3;2*1-3H3;;1H3. The van der Waals surface area contributed by atoms with Crippen LogP contribution < -0.4 is 16.8 Å². The van der Waals surface area contributed by atoms with E-state index in [4.69, 9.17) is 0 Å². The van der Waals surface area contributed by atoms with Crippen molar-refractivity contribution in [1.82, 2.24) is 6.15 Å². The zero-order chi connectivity index (χ0) is 27.0. The fourth-order valence-corrected chi connectivity index (χ4v) is 18.2. The Balaban J connectivity index is 0.00000481. The van der Waals surface area contributed by atoms with Crippen molar-refractivity contribution in [2.24, 2.45) is 0 Å². The Morgan fingerprint density at radius 2 is 0.973 bits per heavy atom. The van der Waals surface area contributed by atoms with E-state index in [1.807, 2.05) is 0 Å². The van der Waals surface area contributed by atoms with Crippen molar-refractivity contribution >= 4 is 38.8 Å². The minimum Gasteiger partial charge on any atom is -0.344 e. The maximum absolute atomic E-state index is 2.61. The fraction of sp³-hybridized carbons (Fsp3) is 0.412. The molecule has 3 heteroatoms. The topological polar surface area (TPSA) is 35.0 Å². The molecule has 0 heterocycles. The van der Waals surface area contributed by atoms with Gasteiger partial charge in [0.05, 0.1) is 0 Å². The van der Waals surface area contributed by atoms with Gasteiger partial charge in [-0.2, -0.15) is 0 Å². The molecule has 198 valence electrons. The second kappa shape index (κ2) is 12.0. The molecule has 3 rings (SSSR count). The van der Waals surface area contributed by atoms with Crippen LogP contribution in [0.2, 0.25) is 8.55 Å². The number of hydrogen-bond acceptors (Lipinski definition) is 1. The van der Waals surface area contributed by atoms with Crippen molar-refractivity contribution in [3.05, 3.63) is 97.7 Å². The minimum atomic E-state index is -1.51. The molecule has 3 aromatic carbocycles. The average Bonchev–Trinajstić information content (AvgIpc) is 2.69. The van der Waals surface area contributed by atoms with Gasteiger partial charge in [0.1, 0.15) is 0 Å². The summed E-state index contributed by atoms with van der Waals surface area (Å²) in [6.07, 6.45) is 2.61. The fourth-order valence-electron chi connectivity index (χ4n) is 6.60. The van der Waals surface area contributed by atoms with Gasteiger partial charge in [-0.25, -0.2) is 0 Å². The Hall–Kier alpha value is -1.68. The summed E-state index contributed by atoms with van der Waals surface area (Å²) in [5.41, 5.74) is 9.79. The summed E-state index contributed by atoms with van der Waals surface area (Å²) >= 11 is -1.51. The van der Waals surface area contributed by atoms with Crippen LogP contribution in [-0.4, -0.2) is 14.1 Å². The lowest BCUT2D eigenvalue weighted by Crippen LogP contribution is -2.39. The molecule has 0 aliphatic rings. The van der Waals surface area contributed by atoms with Crippen molar-refractivity contribution in [1.29, 1.82) is 0 Å². The van der Waals surface area contributed by atoms with E-state index < -0.39 is 22.1 Å². The molecule has 0 unspecified atom stereocenters. The zero-order valence-electron chi connectivity index (χ0n) is 25.5. The second-order valence-corrected chi connectivity index (χ2v) is 20.5. The Bertz CT molecular complexity index is 1140. The SMILES string of the molecule is Cc1cc(C)c(P(/[C](=C/c2ccccc2)[Al]([C](C)(C)C)[C](C)(C)C)c2c(C)cc(C)cc2C)c(C)c1.N. The monoisotopic (exact) mass is 529 g/mol. The third-order valence-electron chi connectivity index (χ3n) is 7.12. The van der Waals surface area contributed by atoms with Gasteiger partial charge in [0.15, 0.2) is 0 Å².